The Balaban J connectivity index is 2.24. The molecule has 0 radical (unpaired) electrons. The number of rotatable bonds is 5. The molecule has 0 saturated carbocycles. The molecule has 0 spiro atoms. The molecule has 6 nitrogen and oxygen atoms in total. The zero-order valence-electron chi connectivity index (χ0n) is 11.1. The number of nitrogens with zero attached hydrogens (tertiary/aromatic N) is 3. The highest BCUT2D eigenvalue weighted by atomic mass is 35.5. The van der Waals surface area contributed by atoms with Gasteiger partial charge in [-0.1, -0.05) is 6.07 Å². The van der Waals surface area contributed by atoms with Crippen LogP contribution in [-0.4, -0.2) is 21.8 Å². The van der Waals surface area contributed by atoms with Crippen LogP contribution in [0.1, 0.15) is 23.4 Å². The average Bonchev–Trinajstić information content (AvgIpc) is 2.87. The molecule has 0 aliphatic rings. The van der Waals surface area contributed by atoms with Crippen molar-refractivity contribution in [1.29, 1.82) is 0 Å². The van der Waals surface area contributed by atoms with Gasteiger partial charge in [0.2, 0.25) is 0 Å². The third kappa shape index (κ3) is 3.08. The molecule has 0 N–H and O–H groups in total. The fourth-order valence-corrected chi connectivity index (χ4v) is 1.95. The first-order valence-corrected chi connectivity index (χ1v) is 6.42. The van der Waals surface area contributed by atoms with E-state index in [0.717, 1.165) is 11.1 Å². The number of nitro benzene ring substituents is 1. The van der Waals surface area contributed by atoms with Gasteiger partial charge in [0.1, 0.15) is 0 Å². The summed E-state index contributed by atoms with van der Waals surface area (Å²) in [5, 5.41) is 15.0. The number of alkyl halides is 1. The molecule has 2 rings (SSSR count). The lowest BCUT2D eigenvalue weighted by Gasteiger charge is -2.05. The maximum atomic E-state index is 11.0. The molecule has 0 saturated heterocycles. The molecule has 1 heterocycles. The van der Waals surface area contributed by atoms with Gasteiger partial charge in [-0.2, -0.15) is 5.10 Å². The Bertz CT molecular complexity index is 625. The maximum Gasteiger partial charge on any atom is 0.311 e. The number of hydrogen-bond donors (Lipinski definition) is 0. The van der Waals surface area contributed by atoms with Crippen molar-refractivity contribution in [2.24, 2.45) is 0 Å². The number of hydrogen-bond acceptors (Lipinski definition) is 4. The summed E-state index contributed by atoms with van der Waals surface area (Å²) in [6.45, 7) is 2.30. The molecule has 0 aliphatic heterocycles. The summed E-state index contributed by atoms with van der Waals surface area (Å²) in [4.78, 5) is 10.5. The zero-order valence-corrected chi connectivity index (χ0v) is 11.9. The Morgan fingerprint density at radius 1 is 1.55 bits per heavy atom. The van der Waals surface area contributed by atoms with Gasteiger partial charge in [0, 0.05) is 17.8 Å². The lowest BCUT2D eigenvalue weighted by Crippen LogP contribution is -2.01. The van der Waals surface area contributed by atoms with Crippen LogP contribution in [0, 0.1) is 10.1 Å². The SMILES string of the molecule is COc1ccc(Cn2cc(C(C)Cl)cn2)cc1[N+](=O)[O-]. The van der Waals surface area contributed by atoms with E-state index < -0.39 is 4.92 Å². The summed E-state index contributed by atoms with van der Waals surface area (Å²) >= 11 is 5.97. The number of nitro groups is 1. The molecule has 106 valence electrons. The van der Waals surface area contributed by atoms with Crippen LogP contribution in [0.5, 0.6) is 5.75 Å². The van der Waals surface area contributed by atoms with Crippen molar-refractivity contribution >= 4 is 17.3 Å². The van der Waals surface area contributed by atoms with Crippen LogP contribution in [0.3, 0.4) is 0 Å². The van der Waals surface area contributed by atoms with Gasteiger partial charge in [0.25, 0.3) is 0 Å². The molecule has 0 amide bonds. The quantitative estimate of drug-likeness (QED) is 0.482. The van der Waals surface area contributed by atoms with E-state index in [1.807, 2.05) is 13.1 Å². The smallest absolute Gasteiger partial charge is 0.311 e. The third-order valence-corrected chi connectivity index (χ3v) is 3.15. The Kier molecular flexibility index (Phi) is 4.24. The fraction of sp³-hybridized carbons (Fsp3) is 0.308. The normalized spacial score (nSPS) is 12.2. The summed E-state index contributed by atoms with van der Waals surface area (Å²) in [6.07, 6.45) is 3.52. The van der Waals surface area contributed by atoms with Crippen LogP contribution < -0.4 is 4.74 Å². The van der Waals surface area contributed by atoms with E-state index in [-0.39, 0.29) is 16.8 Å². The predicted molar refractivity (Wildman–Crippen MR) is 75.2 cm³/mol. The van der Waals surface area contributed by atoms with Gasteiger partial charge in [-0.3, -0.25) is 14.8 Å². The van der Waals surface area contributed by atoms with Crippen LogP contribution in [0.4, 0.5) is 5.69 Å². The van der Waals surface area contributed by atoms with Crippen molar-refractivity contribution in [3.05, 3.63) is 51.8 Å². The summed E-state index contributed by atoms with van der Waals surface area (Å²) < 4.78 is 6.66. The summed E-state index contributed by atoms with van der Waals surface area (Å²) in [5.74, 6) is 0.245. The highest BCUT2D eigenvalue weighted by molar-refractivity contribution is 6.20. The molecular weight excluding hydrogens is 282 g/mol. The first kappa shape index (κ1) is 14.3. The summed E-state index contributed by atoms with van der Waals surface area (Å²) in [5.41, 5.74) is 1.63. The first-order chi connectivity index (χ1) is 9.51. The minimum atomic E-state index is -0.461. The van der Waals surface area contributed by atoms with E-state index in [2.05, 4.69) is 5.10 Å². The van der Waals surface area contributed by atoms with Crippen LogP contribution in [0.25, 0.3) is 0 Å². The summed E-state index contributed by atoms with van der Waals surface area (Å²) in [7, 11) is 1.41. The van der Waals surface area contributed by atoms with Crippen molar-refractivity contribution in [1.82, 2.24) is 9.78 Å². The van der Waals surface area contributed by atoms with Gasteiger partial charge in [-0.15, -0.1) is 11.6 Å². The number of aromatic nitrogens is 2. The van der Waals surface area contributed by atoms with Crippen molar-refractivity contribution in [3.63, 3.8) is 0 Å². The van der Waals surface area contributed by atoms with E-state index in [1.165, 1.54) is 13.2 Å². The van der Waals surface area contributed by atoms with E-state index in [9.17, 15) is 10.1 Å². The fourth-order valence-electron chi connectivity index (χ4n) is 1.84. The first-order valence-electron chi connectivity index (χ1n) is 5.99. The number of halogens is 1. The minimum absolute atomic E-state index is 0.0527. The zero-order chi connectivity index (χ0) is 14.7. The average molecular weight is 296 g/mol. The lowest BCUT2D eigenvalue weighted by molar-refractivity contribution is -0.385. The van der Waals surface area contributed by atoms with Gasteiger partial charge in [0.15, 0.2) is 5.75 Å². The number of benzene rings is 1. The van der Waals surface area contributed by atoms with Gasteiger partial charge >= 0.3 is 5.69 Å². The third-order valence-electron chi connectivity index (χ3n) is 2.90. The van der Waals surface area contributed by atoms with Crippen molar-refractivity contribution < 1.29 is 9.66 Å². The van der Waals surface area contributed by atoms with Gasteiger partial charge in [-0.05, 0) is 18.6 Å². The Hall–Kier alpha value is -2.08. The lowest BCUT2D eigenvalue weighted by atomic mass is 10.2. The number of methoxy groups -OCH3 is 1. The van der Waals surface area contributed by atoms with E-state index >= 15 is 0 Å². The second-order valence-electron chi connectivity index (χ2n) is 4.35. The topological polar surface area (TPSA) is 70.2 Å². The molecular formula is C13H14ClN3O3. The van der Waals surface area contributed by atoms with Crippen LogP contribution >= 0.6 is 11.6 Å². The van der Waals surface area contributed by atoms with Gasteiger partial charge < -0.3 is 4.74 Å². The Labute approximate surface area is 121 Å². The second-order valence-corrected chi connectivity index (χ2v) is 5.01. The Morgan fingerprint density at radius 3 is 2.85 bits per heavy atom. The molecule has 1 aromatic heterocycles. The highest BCUT2D eigenvalue weighted by Crippen LogP contribution is 2.28. The monoisotopic (exact) mass is 295 g/mol. The Morgan fingerprint density at radius 2 is 2.30 bits per heavy atom. The largest absolute Gasteiger partial charge is 0.490 e. The van der Waals surface area contributed by atoms with Crippen LogP contribution in [-0.2, 0) is 6.54 Å². The molecule has 1 atom stereocenters. The van der Waals surface area contributed by atoms with E-state index in [1.54, 1.807) is 23.0 Å². The molecule has 0 bridgehead atoms. The van der Waals surface area contributed by atoms with E-state index in [4.69, 9.17) is 16.3 Å². The van der Waals surface area contributed by atoms with Crippen molar-refractivity contribution in [2.45, 2.75) is 18.8 Å². The van der Waals surface area contributed by atoms with Crippen LogP contribution in [0.15, 0.2) is 30.6 Å². The second kappa shape index (κ2) is 5.92. The number of ether oxygens (including phenoxy) is 1. The van der Waals surface area contributed by atoms with Crippen molar-refractivity contribution in [2.75, 3.05) is 7.11 Å². The predicted octanol–water partition coefficient (Wildman–Crippen LogP) is 3.15. The molecule has 1 unspecified atom stereocenters. The van der Waals surface area contributed by atoms with Gasteiger partial charge in [0.05, 0.1) is 30.2 Å². The van der Waals surface area contributed by atoms with Crippen LogP contribution in [0.2, 0.25) is 0 Å². The molecule has 0 aliphatic carbocycles. The maximum absolute atomic E-state index is 11.0. The molecule has 2 aromatic rings. The van der Waals surface area contributed by atoms with Gasteiger partial charge in [-0.25, -0.2) is 0 Å². The minimum Gasteiger partial charge on any atom is -0.490 e. The molecule has 1 aromatic carbocycles. The highest BCUT2D eigenvalue weighted by Gasteiger charge is 2.15. The molecule has 0 fully saturated rings. The van der Waals surface area contributed by atoms with E-state index in [0.29, 0.717) is 6.54 Å². The molecule has 7 heteroatoms. The molecule has 20 heavy (non-hydrogen) atoms. The van der Waals surface area contributed by atoms with Crippen molar-refractivity contribution in [3.8, 4) is 5.75 Å². The standard InChI is InChI=1S/C13H14ClN3O3/c1-9(14)11-6-15-16(8-11)7-10-3-4-13(20-2)12(5-10)17(18)19/h3-6,8-9H,7H2,1-2H3. The summed E-state index contributed by atoms with van der Waals surface area (Å²) in [6, 6.07) is 4.85.